The Hall–Kier alpha value is -4.05. The smallest absolute Gasteiger partial charge is 0.337 e. The van der Waals surface area contributed by atoms with Crippen LogP contribution in [0.1, 0.15) is 24.1 Å². The van der Waals surface area contributed by atoms with Gasteiger partial charge in [-0.2, -0.15) is 5.10 Å². The number of benzene rings is 2. The lowest BCUT2D eigenvalue weighted by Crippen LogP contribution is -2.45. The molecule has 0 saturated heterocycles. The van der Waals surface area contributed by atoms with Gasteiger partial charge in [-0.1, -0.05) is 29.8 Å². The fraction of sp³-hybridized carbons (Fsp3) is 0.217. The summed E-state index contributed by atoms with van der Waals surface area (Å²) >= 11 is 5.83. The summed E-state index contributed by atoms with van der Waals surface area (Å²) in [6.45, 7) is 1.30. The first-order valence-electron chi connectivity index (χ1n) is 10.1. The number of carbonyl (C=O) groups is 3. The number of hydrogen-bond acceptors (Lipinski definition) is 7. The molecule has 1 atom stereocenters. The molecule has 2 aromatic carbocycles. The minimum atomic E-state index is -0.755. The topological polar surface area (TPSA) is 127 Å². The SMILES string of the molecule is COC(=O)C1=C(C)NC(=O)N[C@H]1c1ccc(OCC(=O)N/N=C\c2ccc(Cl)cc2)c(OC)c1. The first-order valence-corrected chi connectivity index (χ1v) is 10.4. The molecule has 178 valence electrons. The minimum Gasteiger partial charge on any atom is -0.493 e. The molecular formula is C23H23ClN4O6. The highest BCUT2D eigenvalue weighted by Gasteiger charge is 2.32. The van der Waals surface area contributed by atoms with E-state index in [0.717, 1.165) is 5.56 Å². The molecule has 0 aliphatic carbocycles. The van der Waals surface area contributed by atoms with E-state index in [1.807, 2.05) is 0 Å². The van der Waals surface area contributed by atoms with Gasteiger partial charge in [0.1, 0.15) is 0 Å². The van der Waals surface area contributed by atoms with Gasteiger partial charge >= 0.3 is 12.0 Å². The first-order chi connectivity index (χ1) is 16.3. The molecule has 3 amide bonds. The number of nitrogens with zero attached hydrogens (tertiary/aromatic N) is 1. The Morgan fingerprint density at radius 3 is 2.56 bits per heavy atom. The van der Waals surface area contributed by atoms with Crippen molar-refractivity contribution in [2.45, 2.75) is 13.0 Å². The Morgan fingerprint density at radius 2 is 1.88 bits per heavy atom. The van der Waals surface area contributed by atoms with Crippen LogP contribution in [0, 0.1) is 0 Å². The van der Waals surface area contributed by atoms with E-state index >= 15 is 0 Å². The van der Waals surface area contributed by atoms with Crippen molar-refractivity contribution in [3.63, 3.8) is 0 Å². The zero-order valence-corrected chi connectivity index (χ0v) is 19.4. The first kappa shape index (κ1) is 24.6. The quantitative estimate of drug-likeness (QED) is 0.299. The highest BCUT2D eigenvalue weighted by Crippen LogP contribution is 2.34. The average Bonchev–Trinajstić information content (AvgIpc) is 2.83. The number of nitrogens with one attached hydrogen (secondary N) is 3. The van der Waals surface area contributed by atoms with Gasteiger partial charge in [0, 0.05) is 10.7 Å². The van der Waals surface area contributed by atoms with Crippen LogP contribution >= 0.6 is 11.6 Å². The number of esters is 1. The van der Waals surface area contributed by atoms with Gasteiger partial charge in [-0.25, -0.2) is 15.0 Å². The summed E-state index contributed by atoms with van der Waals surface area (Å²) in [7, 11) is 2.70. The Morgan fingerprint density at radius 1 is 1.15 bits per heavy atom. The molecule has 0 radical (unpaired) electrons. The summed E-state index contributed by atoms with van der Waals surface area (Å²) in [5.74, 6) is -0.452. The lowest BCUT2D eigenvalue weighted by atomic mass is 9.95. The molecule has 3 N–H and O–H groups in total. The van der Waals surface area contributed by atoms with E-state index in [0.29, 0.717) is 27.8 Å². The third kappa shape index (κ3) is 6.04. The van der Waals surface area contributed by atoms with Crippen LogP contribution in [0.2, 0.25) is 5.02 Å². The maximum absolute atomic E-state index is 12.3. The van der Waals surface area contributed by atoms with Gasteiger partial charge in [-0.15, -0.1) is 0 Å². The van der Waals surface area contributed by atoms with Gasteiger partial charge < -0.3 is 24.8 Å². The monoisotopic (exact) mass is 486 g/mol. The van der Waals surface area contributed by atoms with Gasteiger partial charge in [0.05, 0.1) is 32.0 Å². The number of urea groups is 1. The van der Waals surface area contributed by atoms with Crippen LogP contribution in [0.4, 0.5) is 4.79 Å². The second kappa shape index (κ2) is 11.2. The maximum atomic E-state index is 12.3. The standard InChI is InChI=1S/C23H23ClN4O6/c1-13-20(22(30)33-3)21(27-23(31)26-13)15-6-9-17(18(10-15)32-2)34-12-19(29)28-25-11-14-4-7-16(24)8-5-14/h4-11,21H,12H2,1-3H3,(H,28,29)(H2,26,27,31)/b25-11-/t21-/m0/s1. The van der Waals surface area contributed by atoms with Gasteiger partial charge in [-0.3, -0.25) is 4.79 Å². The van der Waals surface area contributed by atoms with Gasteiger partial charge in [0.2, 0.25) is 0 Å². The van der Waals surface area contributed by atoms with E-state index < -0.39 is 23.9 Å². The fourth-order valence-corrected chi connectivity index (χ4v) is 3.34. The van der Waals surface area contributed by atoms with Crippen molar-refractivity contribution in [1.82, 2.24) is 16.1 Å². The molecule has 10 nitrogen and oxygen atoms in total. The van der Waals surface area contributed by atoms with Crippen molar-refractivity contribution < 1.29 is 28.6 Å². The van der Waals surface area contributed by atoms with E-state index in [-0.39, 0.29) is 12.2 Å². The van der Waals surface area contributed by atoms with E-state index in [2.05, 4.69) is 21.2 Å². The summed E-state index contributed by atoms with van der Waals surface area (Å²) in [6, 6.07) is 10.6. The molecule has 2 aromatic rings. The zero-order valence-electron chi connectivity index (χ0n) is 18.7. The predicted octanol–water partition coefficient (Wildman–Crippen LogP) is 2.68. The van der Waals surface area contributed by atoms with E-state index in [1.165, 1.54) is 20.4 Å². The molecular weight excluding hydrogens is 464 g/mol. The van der Waals surface area contributed by atoms with Gasteiger partial charge in [0.15, 0.2) is 18.1 Å². The van der Waals surface area contributed by atoms with E-state index in [4.69, 9.17) is 25.8 Å². The largest absolute Gasteiger partial charge is 0.493 e. The van der Waals surface area contributed by atoms with Crippen molar-refractivity contribution >= 4 is 35.7 Å². The average molecular weight is 487 g/mol. The number of rotatable bonds is 8. The molecule has 1 aliphatic rings. The van der Waals surface area contributed by atoms with Crippen molar-refractivity contribution in [1.29, 1.82) is 0 Å². The van der Waals surface area contributed by atoms with E-state index in [9.17, 15) is 14.4 Å². The number of carbonyl (C=O) groups excluding carboxylic acids is 3. The summed E-state index contributed by atoms with van der Waals surface area (Å²) in [6.07, 6.45) is 1.48. The Balaban J connectivity index is 1.68. The third-order valence-corrected chi connectivity index (χ3v) is 5.08. The Labute approximate surface area is 200 Å². The summed E-state index contributed by atoms with van der Waals surface area (Å²) in [4.78, 5) is 36.3. The molecule has 0 bridgehead atoms. The van der Waals surface area contributed by atoms with Crippen LogP contribution < -0.4 is 25.5 Å². The highest BCUT2D eigenvalue weighted by molar-refractivity contribution is 6.30. The number of amides is 3. The molecule has 11 heteroatoms. The molecule has 0 unspecified atom stereocenters. The number of methoxy groups -OCH3 is 2. The number of ether oxygens (including phenoxy) is 3. The maximum Gasteiger partial charge on any atom is 0.337 e. The van der Waals surface area contributed by atoms with Gasteiger partial charge in [-0.05, 0) is 42.3 Å². The summed E-state index contributed by atoms with van der Waals surface area (Å²) < 4.78 is 15.8. The fourth-order valence-electron chi connectivity index (χ4n) is 3.21. The normalized spacial score (nSPS) is 15.4. The third-order valence-electron chi connectivity index (χ3n) is 4.83. The molecule has 1 aliphatic heterocycles. The van der Waals surface area contributed by atoms with Crippen molar-refractivity contribution in [2.24, 2.45) is 5.10 Å². The van der Waals surface area contributed by atoms with Crippen molar-refractivity contribution in [2.75, 3.05) is 20.8 Å². The van der Waals surface area contributed by atoms with Crippen LogP contribution in [-0.2, 0) is 14.3 Å². The molecule has 1 heterocycles. The van der Waals surface area contributed by atoms with Crippen LogP contribution in [0.25, 0.3) is 0 Å². The van der Waals surface area contributed by atoms with E-state index in [1.54, 1.807) is 49.4 Å². The van der Waals surface area contributed by atoms with Crippen molar-refractivity contribution in [3.05, 3.63) is 69.9 Å². The minimum absolute atomic E-state index is 0.260. The molecule has 0 spiro atoms. The van der Waals surface area contributed by atoms with Crippen molar-refractivity contribution in [3.8, 4) is 11.5 Å². The second-order valence-electron chi connectivity index (χ2n) is 7.11. The molecule has 0 saturated carbocycles. The lowest BCUT2D eigenvalue weighted by molar-refractivity contribution is -0.136. The van der Waals surface area contributed by atoms with Crippen LogP contribution in [0.5, 0.6) is 11.5 Å². The van der Waals surface area contributed by atoms with Crippen LogP contribution in [0.3, 0.4) is 0 Å². The predicted molar refractivity (Wildman–Crippen MR) is 125 cm³/mol. The molecule has 0 aromatic heterocycles. The molecule has 0 fully saturated rings. The number of halogens is 1. The summed E-state index contributed by atoms with van der Waals surface area (Å²) in [5.41, 5.74) is 4.35. The van der Waals surface area contributed by atoms with Gasteiger partial charge in [0.25, 0.3) is 5.91 Å². The van der Waals surface area contributed by atoms with Crippen LogP contribution in [-0.4, -0.2) is 44.9 Å². The molecule has 3 rings (SSSR count). The zero-order chi connectivity index (χ0) is 24.7. The number of hydrogen-bond donors (Lipinski definition) is 3. The number of hydrazone groups is 1. The second-order valence-corrected chi connectivity index (χ2v) is 7.54. The Bertz CT molecular complexity index is 1150. The molecule has 34 heavy (non-hydrogen) atoms. The lowest BCUT2D eigenvalue weighted by Gasteiger charge is -2.28. The summed E-state index contributed by atoms with van der Waals surface area (Å²) in [5, 5.41) is 9.73. The Kier molecular flexibility index (Phi) is 8.10. The highest BCUT2D eigenvalue weighted by atomic mass is 35.5. The van der Waals surface area contributed by atoms with Crippen LogP contribution in [0.15, 0.2) is 58.8 Å². The number of allylic oxidation sites excluding steroid dienone is 1.